The quantitative estimate of drug-likeness (QED) is 0.878. The van der Waals surface area contributed by atoms with Gasteiger partial charge in [0.1, 0.15) is 0 Å². The van der Waals surface area contributed by atoms with Crippen LogP contribution in [0.3, 0.4) is 0 Å². The third-order valence-corrected chi connectivity index (χ3v) is 5.30. The molecule has 2 aliphatic rings. The number of hydrogen-bond acceptors (Lipinski definition) is 3. The monoisotopic (exact) mass is 369 g/mol. The zero-order valence-corrected chi connectivity index (χ0v) is 14.3. The summed E-state index contributed by atoms with van der Waals surface area (Å²) >= 11 is 0. The summed E-state index contributed by atoms with van der Waals surface area (Å²) < 4.78 is 37.7. The Morgan fingerprint density at radius 2 is 1.65 bits per heavy atom. The van der Waals surface area contributed by atoms with Gasteiger partial charge in [-0.15, -0.1) is 0 Å². The van der Waals surface area contributed by atoms with Crippen LogP contribution in [0, 0.1) is 5.92 Å². The van der Waals surface area contributed by atoms with Gasteiger partial charge in [0.05, 0.1) is 12.0 Å². The van der Waals surface area contributed by atoms with Crippen LogP contribution in [0.1, 0.15) is 24.0 Å². The lowest BCUT2D eigenvalue weighted by Crippen LogP contribution is -2.62. The van der Waals surface area contributed by atoms with E-state index >= 15 is 0 Å². The van der Waals surface area contributed by atoms with Crippen molar-refractivity contribution in [3.8, 4) is 0 Å². The van der Waals surface area contributed by atoms with Crippen LogP contribution >= 0.6 is 0 Å². The Morgan fingerprint density at radius 3 is 2.15 bits per heavy atom. The normalized spacial score (nSPS) is 20.0. The van der Waals surface area contributed by atoms with E-state index in [0.29, 0.717) is 24.7 Å². The SMILES string of the molecule is NC(=O)C1CCN(C2CN(C(=O)Cc3ccc(C(F)(F)F)cc3)C2)CC1. The number of carbonyl (C=O) groups excluding carboxylic acids is 2. The van der Waals surface area contributed by atoms with Gasteiger partial charge in [-0.25, -0.2) is 0 Å². The van der Waals surface area contributed by atoms with E-state index < -0.39 is 11.7 Å². The van der Waals surface area contributed by atoms with Crippen LogP contribution in [0.15, 0.2) is 24.3 Å². The summed E-state index contributed by atoms with van der Waals surface area (Å²) in [5, 5.41) is 0. The van der Waals surface area contributed by atoms with Crippen molar-refractivity contribution in [3.63, 3.8) is 0 Å². The summed E-state index contributed by atoms with van der Waals surface area (Å²) in [6, 6.07) is 5.01. The van der Waals surface area contributed by atoms with E-state index in [0.717, 1.165) is 38.1 Å². The summed E-state index contributed by atoms with van der Waals surface area (Å²) in [6.07, 6.45) is -2.75. The fourth-order valence-corrected chi connectivity index (χ4v) is 3.54. The summed E-state index contributed by atoms with van der Waals surface area (Å²) in [5.74, 6) is -0.372. The van der Waals surface area contributed by atoms with Gasteiger partial charge < -0.3 is 10.6 Å². The Hall–Kier alpha value is -2.09. The predicted octanol–water partition coefficient (Wildman–Crippen LogP) is 1.66. The van der Waals surface area contributed by atoms with Crippen LogP contribution in [0.25, 0.3) is 0 Å². The second-order valence-electron chi connectivity index (χ2n) is 7.04. The van der Waals surface area contributed by atoms with E-state index in [4.69, 9.17) is 5.73 Å². The van der Waals surface area contributed by atoms with Crippen molar-refractivity contribution in [3.05, 3.63) is 35.4 Å². The smallest absolute Gasteiger partial charge is 0.369 e. The first kappa shape index (κ1) is 18.7. The van der Waals surface area contributed by atoms with Gasteiger partial charge in [0, 0.05) is 25.0 Å². The van der Waals surface area contributed by atoms with E-state index in [1.807, 2.05) is 0 Å². The molecule has 3 rings (SSSR count). The van der Waals surface area contributed by atoms with Gasteiger partial charge in [0.15, 0.2) is 0 Å². The van der Waals surface area contributed by atoms with E-state index in [1.165, 1.54) is 12.1 Å². The second kappa shape index (κ2) is 7.26. The van der Waals surface area contributed by atoms with E-state index in [9.17, 15) is 22.8 Å². The third kappa shape index (κ3) is 4.17. The maximum absolute atomic E-state index is 12.6. The lowest BCUT2D eigenvalue weighted by Gasteiger charge is -2.47. The minimum Gasteiger partial charge on any atom is -0.369 e. The molecule has 0 bridgehead atoms. The van der Waals surface area contributed by atoms with Gasteiger partial charge in [-0.3, -0.25) is 14.5 Å². The van der Waals surface area contributed by atoms with Crippen molar-refractivity contribution in [2.75, 3.05) is 26.2 Å². The zero-order chi connectivity index (χ0) is 18.9. The first-order chi connectivity index (χ1) is 12.2. The Bertz CT molecular complexity index is 661. The largest absolute Gasteiger partial charge is 0.416 e. The summed E-state index contributed by atoms with van der Waals surface area (Å²) in [6.45, 7) is 2.86. The molecule has 2 amide bonds. The molecule has 1 aromatic carbocycles. The maximum Gasteiger partial charge on any atom is 0.416 e. The number of halogens is 3. The Kier molecular flexibility index (Phi) is 5.22. The fraction of sp³-hybridized carbons (Fsp3) is 0.556. The number of alkyl halides is 3. The highest BCUT2D eigenvalue weighted by atomic mass is 19.4. The zero-order valence-electron chi connectivity index (χ0n) is 14.3. The standard InChI is InChI=1S/C18H22F3N3O2/c19-18(20,21)14-3-1-12(2-4-14)9-16(25)24-10-15(11-24)23-7-5-13(6-8-23)17(22)26/h1-4,13,15H,5-11H2,(H2,22,26). The van der Waals surface area contributed by atoms with Crippen LogP contribution in [-0.4, -0.2) is 53.8 Å². The number of likely N-dealkylation sites (tertiary alicyclic amines) is 2. The molecule has 1 aromatic rings. The number of amides is 2. The van der Waals surface area contributed by atoms with Crippen LogP contribution < -0.4 is 5.73 Å². The Morgan fingerprint density at radius 1 is 1.08 bits per heavy atom. The van der Waals surface area contributed by atoms with E-state index in [1.54, 1.807) is 4.90 Å². The first-order valence-corrected chi connectivity index (χ1v) is 8.71. The molecule has 0 unspecified atom stereocenters. The van der Waals surface area contributed by atoms with Gasteiger partial charge in [-0.1, -0.05) is 12.1 Å². The van der Waals surface area contributed by atoms with Crippen LogP contribution in [0.4, 0.5) is 13.2 Å². The average molecular weight is 369 g/mol. The highest BCUT2D eigenvalue weighted by Gasteiger charge is 2.37. The molecule has 0 spiro atoms. The number of nitrogens with two attached hydrogens (primary N) is 1. The van der Waals surface area contributed by atoms with Crippen molar-refractivity contribution >= 4 is 11.8 Å². The van der Waals surface area contributed by atoms with Crippen molar-refractivity contribution in [1.29, 1.82) is 0 Å². The molecule has 2 saturated heterocycles. The fourth-order valence-electron chi connectivity index (χ4n) is 3.54. The first-order valence-electron chi connectivity index (χ1n) is 8.71. The third-order valence-electron chi connectivity index (χ3n) is 5.30. The van der Waals surface area contributed by atoms with E-state index in [2.05, 4.69) is 4.90 Å². The van der Waals surface area contributed by atoms with Gasteiger partial charge in [-0.05, 0) is 43.6 Å². The number of nitrogens with zero attached hydrogens (tertiary/aromatic N) is 2. The molecular formula is C18H22F3N3O2. The molecule has 0 saturated carbocycles. The Labute approximate surface area is 149 Å². The molecule has 2 N–H and O–H groups in total. The van der Waals surface area contributed by atoms with Gasteiger partial charge in [0.2, 0.25) is 11.8 Å². The molecule has 142 valence electrons. The number of carbonyl (C=O) groups is 2. The number of hydrogen-bond donors (Lipinski definition) is 1. The predicted molar refractivity (Wildman–Crippen MR) is 89.0 cm³/mol. The number of benzene rings is 1. The molecule has 0 aliphatic carbocycles. The minimum absolute atomic E-state index is 0.0521. The average Bonchev–Trinajstić information content (AvgIpc) is 2.53. The lowest BCUT2D eigenvalue weighted by atomic mass is 9.93. The molecule has 0 atom stereocenters. The summed E-state index contributed by atoms with van der Waals surface area (Å²) in [5.41, 5.74) is 5.20. The molecule has 5 nitrogen and oxygen atoms in total. The van der Waals surface area contributed by atoms with Crippen LogP contribution in [0.2, 0.25) is 0 Å². The minimum atomic E-state index is -4.37. The highest BCUT2D eigenvalue weighted by molar-refractivity contribution is 5.79. The van der Waals surface area contributed by atoms with Crippen molar-refractivity contribution in [2.45, 2.75) is 31.5 Å². The molecule has 8 heteroatoms. The van der Waals surface area contributed by atoms with Crippen molar-refractivity contribution < 1.29 is 22.8 Å². The molecule has 2 fully saturated rings. The van der Waals surface area contributed by atoms with Crippen molar-refractivity contribution in [2.24, 2.45) is 11.7 Å². The molecule has 0 radical (unpaired) electrons. The molecule has 2 heterocycles. The number of primary amides is 1. The molecule has 26 heavy (non-hydrogen) atoms. The topological polar surface area (TPSA) is 66.6 Å². The summed E-state index contributed by atoms with van der Waals surface area (Å²) in [7, 11) is 0. The van der Waals surface area contributed by atoms with Gasteiger partial charge in [-0.2, -0.15) is 13.2 Å². The number of piperidine rings is 1. The number of rotatable bonds is 4. The molecule has 0 aromatic heterocycles. The maximum atomic E-state index is 12.6. The Balaban J connectivity index is 1.44. The van der Waals surface area contributed by atoms with E-state index in [-0.39, 0.29) is 24.2 Å². The van der Waals surface area contributed by atoms with Crippen LogP contribution in [-0.2, 0) is 22.2 Å². The molecular weight excluding hydrogens is 347 g/mol. The molecule has 2 aliphatic heterocycles. The highest BCUT2D eigenvalue weighted by Crippen LogP contribution is 2.29. The van der Waals surface area contributed by atoms with Crippen LogP contribution in [0.5, 0.6) is 0 Å². The lowest BCUT2D eigenvalue weighted by molar-refractivity contribution is -0.138. The van der Waals surface area contributed by atoms with Crippen molar-refractivity contribution in [1.82, 2.24) is 9.80 Å². The van der Waals surface area contributed by atoms with Gasteiger partial charge >= 0.3 is 6.18 Å². The second-order valence-corrected chi connectivity index (χ2v) is 7.04. The summed E-state index contributed by atoms with van der Waals surface area (Å²) in [4.78, 5) is 27.5. The van der Waals surface area contributed by atoms with Gasteiger partial charge in [0.25, 0.3) is 0 Å².